The summed E-state index contributed by atoms with van der Waals surface area (Å²) in [5, 5.41) is 9.36. The molecule has 0 radical (unpaired) electrons. The molecule has 1 aliphatic heterocycles. The summed E-state index contributed by atoms with van der Waals surface area (Å²) in [4.78, 5) is 18.6. The Morgan fingerprint density at radius 1 is 1.32 bits per heavy atom. The second-order valence-electron chi connectivity index (χ2n) is 4.44. The molecule has 0 aromatic carbocycles. The van der Waals surface area contributed by atoms with Gasteiger partial charge in [0.15, 0.2) is 0 Å². The van der Waals surface area contributed by atoms with Crippen LogP contribution < -0.4 is 10.6 Å². The maximum absolute atomic E-state index is 9.36. The zero-order valence-corrected chi connectivity index (χ0v) is 10.3. The monoisotopic (exact) mass is 261 g/mol. The normalized spacial score (nSPS) is 19.0. The highest BCUT2D eigenvalue weighted by Crippen LogP contribution is 2.22. The summed E-state index contributed by atoms with van der Waals surface area (Å²) < 4.78 is 1.67. The van der Waals surface area contributed by atoms with Crippen LogP contribution in [0.15, 0.2) is 18.7 Å². The van der Waals surface area contributed by atoms with Crippen molar-refractivity contribution < 1.29 is 5.11 Å². The summed E-state index contributed by atoms with van der Waals surface area (Å²) in [6.45, 7) is 0.907. The Labute approximate surface area is 109 Å². The lowest BCUT2D eigenvalue weighted by Gasteiger charge is -2.23. The lowest BCUT2D eigenvalue weighted by molar-refractivity contribution is 0.265. The van der Waals surface area contributed by atoms with Crippen LogP contribution in [0, 0.1) is 0 Å². The van der Waals surface area contributed by atoms with Gasteiger partial charge in [0.1, 0.15) is 6.33 Å². The predicted molar refractivity (Wildman–Crippen MR) is 68.8 cm³/mol. The van der Waals surface area contributed by atoms with Gasteiger partial charge in [0.25, 0.3) is 0 Å². The van der Waals surface area contributed by atoms with Gasteiger partial charge in [0, 0.05) is 18.9 Å². The molecular weight excluding hydrogens is 246 g/mol. The molecule has 1 atom stereocenters. The van der Waals surface area contributed by atoms with Gasteiger partial charge in [0.2, 0.25) is 17.8 Å². The Morgan fingerprint density at radius 2 is 2.16 bits per heavy atom. The number of aliphatic hydroxyl groups excluding tert-OH is 1. The van der Waals surface area contributed by atoms with E-state index in [1.165, 1.54) is 0 Å². The summed E-state index contributed by atoms with van der Waals surface area (Å²) in [5.74, 6) is 1.11. The quantitative estimate of drug-likeness (QED) is 0.774. The van der Waals surface area contributed by atoms with E-state index in [4.69, 9.17) is 5.73 Å². The molecule has 1 unspecified atom stereocenters. The molecule has 19 heavy (non-hydrogen) atoms. The number of imidazole rings is 1. The van der Waals surface area contributed by atoms with Gasteiger partial charge in [-0.25, -0.2) is 4.98 Å². The fourth-order valence-electron chi connectivity index (χ4n) is 2.28. The van der Waals surface area contributed by atoms with Crippen LogP contribution in [0.5, 0.6) is 0 Å². The number of rotatable bonds is 3. The second kappa shape index (κ2) is 4.81. The van der Waals surface area contributed by atoms with Crippen molar-refractivity contribution in [3.8, 4) is 5.95 Å². The second-order valence-corrected chi connectivity index (χ2v) is 4.44. The van der Waals surface area contributed by atoms with Crippen LogP contribution in [0.1, 0.15) is 12.8 Å². The largest absolute Gasteiger partial charge is 0.394 e. The smallest absolute Gasteiger partial charge is 0.241 e. The number of nitrogen functional groups attached to an aromatic ring is 1. The molecule has 0 bridgehead atoms. The van der Waals surface area contributed by atoms with Gasteiger partial charge in [-0.15, -0.1) is 0 Å². The zero-order chi connectivity index (χ0) is 13.2. The Kier molecular flexibility index (Phi) is 3.00. The van der Waals surface area contributed by atoms with E-state index in [0.29, 0.717) is 11.9 Å². The highest BCUT2D eigenvalue weighted by Gasteiger charge is 2.26. The topological polar surface area (TPSA) is 106 Å². The Morgan fingerprint density at radius 3 is 2.89 bits per heavy atom. The molecule has 0 spiro atoms. The molecule has 1 fully saturated rings. The molecule has 1 saturated heterocycles. The summed E-state index contributed by atoms with van der Waals surface area (Å²) in [6, 6.07) is 0.0532. The Hall–Kier alpha value is -2.22. The number of nitrogens with zero attached hydrogens (tertiary/aromatic N) is 6. The fourth-order valence-corrected chi connectivity index (χ4v) is 2.28. The fraction of sp³-hybridized carbons (Fsp3) is 0.455. The van der Waals surface area contributed by atoms with Gasteiger partial charge >= 0.3 is 0 Å². The predicted octanol–water partition coefficient (Wildman–Crippen LogP) is -0.399. The minimum atomic E-state index is 0.0532. The number of aliphatic hydroxyl groups is 1. The summed E-state index contributed by atoms with van der Waals surface area (Å²) >= 11 is 0. The molecule has 1 aliphatic rings. The highest BCUT2D eigenvalue weighted by molar-refractivity contribution is 5.40. The van der Waals surface area contributed by atoms with Crippen LogP contribution in [-0.2, 0) is 0 Å². The first-order chi connectivity index (χ1) is 9.28. The average molecular weight is 261 g/mol. The maximum atomic E-state index is 9.36. The van der Waals surface area contributed by atoms with Crippen molar-refractivity contribution in [2.24, 2.45) is 0 Å². The van der Waals surface area contributed by atoms with Crippen molar-refractivity contribution >= 4 is 11.9 Å². The van der Waals surface area contributed by atoms with Gasteiger partial charge < -0.3 is 15.7 Å². The number of hydrogen-bond acceptors (Lipinski definition) is 7. The third kappa shape index (κ3) is 2.22. The number of anilines is 2. The Bertz CT molecular complexity index is 556. The van der Waals surface area contributed by atoms with Gasteiger partial charge in [0.05, 0.1) is 12.6 Å². The lowest BCUT2D eigenvalue weighted by Crippen LogP contribution is -2.34. The first kappa shape index (κ1) is 11.8. The highest BCUT2D eigenvalue weighted by atomic mass is 16.3. The maximum Gasteiger partial charge on any atom is 0.241 e. The summed E-state index contributed by atoms with van der Waals surface area (Å²) in [5.41, 5.74) is 5.73. The number of nitrogens with two attached hydrogens (primary N) is 1. The van der Waals surface area contributed by atoms with Gasteiger partial charge in [-0.2, -0.15) is 15.0 Å². The summed E-state index contributed by atoms with van der Waals surface area (Å²) in [7, 11) is 0. The van der Waals surface area contributed by atoms with E-state index in [-0.39, 0.29) is 18.6 Å². The van der Waals surface area contributed by atoms with Crippen LogP contribution in [0.25, 0.3) is 5.95 Å². The molecule has 0 aliphatic carbocycles. The molecular formula is C11H15N7O. The van der Waals surface area contributed by atoms with Gasteiger partial charge in [-0.1, -0.05) is 0 Å². The van der Waals surface area contributed by atoms with E-state index >= 15 is 0 Å². The molecule has 0 amide bonds. The first-order valence-corrected chi connectivity index (χ1v) is 6.15. The summed E-state index contributed by atoms with van der Waals surface area (Å²) in [6.07, 6.45) is 6.93. The minimum absolute atomic E-state index is 0.0532. The minimum Gasteiger partial charge on any atom is -0.394 e. The first-order valence-electron chi connectivity index (χ1n) is 6.15. The SMILES string of the molecule is Nc1nc(N2CCCC2CO)nc(-n2ccnc2)n1. The average Bonchev–Trinajstić information content (AvgIpc) is 3.09. The van der Waals surface area contributed by atoms with Crippen molar-refractivity contribution in [2.45, 2.75) is 18.9 Å². The van der Waals surface area contributed by atoms with Crippen molar-refractivity contribution in [3.63, 3.8) is 0 Å². The van der Waals surface area contributed by atoms with E-state index in [1.807, 2.05) is 4.90 Å². The van der Waals surface area contributed by atoms with Crippen LogP contribution in [0.2, 0.25) is 0 Å². The van der Waals surface area contributed by atoms with Crippen LogP contribution in [0.4, 0.5) is 11.9 Å². The molecule has 3 rings (SSSR count). The number of aromatic nitrogens is 5. The van der Waals surface area contributed by atoms with Crippen molar-refractivity contribution in [1.29, 1.82) is 0 Å². The molecule has 3 N–H and O–H groups in total. The van der Waals surface area contributed by atoms with Crippen molar-refractivity contribution in [3.05, 3.63) is 18.7 Å². The molecule has 2 aromatic heterocycles. The van der Waals surface area contributed by atoms with Gasteiger partial charge in [-0.3, -0.25) is 4.57 Å². The molecule has 2 aromatic rings. The molecule has 0 saturated carbocycles. The molecule has 3 heterocycles. The van der Waals surface area contributed by atoms with E-state index in [0.717, 1.165) is 19.4 Å². The molecule has 100 valence electrons. The third-order valence-corrected chi connectivity index (χ3v) is 3.21. The molecule has 8 heteroatoms. The lowest BCUT2D eigenvalue weighted by atomic mass is 10.2. The van der Waals surface area contributed by atoms with E-state index in [9.17, 15) is 5.11 Å². The molecule has 8 nitrogen and oxygen atoms in total. The van der Waals surface area contributed by atoms with Crippen LogP contribution in [0.3, 0.4) is 0 Å². The van der Waals surface area contributed by atoms with E-state index in [1.54, 1.807) is 23.3 Å². The standard InChI is InChI=1S/C11H15N7O/c12-9-14-10(17-5-3-13-7-17)16-11(15-9)18-4-1-2-8(18)6-19/h3,5,7-8,19H,1-2,4,6H2,(H2,12,14,15,16). The van der Waals surface area contributed by atoms with E-state index in [2.05, 4.69) is 19.9 Å². The van der Waals surface area contributed by atoms with Gasteiger partial charge in [-0.05, 0) is 12.8 Å². The van der Waals surface area contributed by atoms with Crippen molar-refractivity contribution in [1.82, 2.24) is 24.5 Å². The third-order valence-electron chi connectivity index (χ3n) is 3.21. The van der Waals surface area contributed by atoms with Crippen LogP contribution >= 0.6 is 0 Å². The van der Waals surface area contributed by atoms with Crippen molar-refractivity contribution in [2.75, 3.05) is 23.8 Å². The van der Waals surface area contributed by atoms with E-state index < -0.39 is 0 Å². The zero-order valence-electron chi connectivity index (χ0n) is 10.3. The van der Waals surface area contributed by atoms with Crippen LogP contribution in [-0.4, -0.2) is 48.8 Å². The number of hydrogen-bond donors (Lipinski definition) is 2. The Balaban J connectivity index is 1.98.